The van der Waals surface area contributed by atoms with Gasteiger partial charge in [-0.15, -0.1) is 11.3 Å². The number of nitrogens with one attached hydrogen (secondary N) is 3. The van der Waals surface area contributed by atoms with Crippen LogP contribution in [0.5, 0.6) is 5.88 Å². The Kier molecular flexibility index (Phi) is 6.35. The number of aromatic nitrogens is 5. The zero-order valence-corrected chi connectivity index (χ0v) is 21.3. The fourth-order valence-electron chi connectivity index (χ4n) is 4.79. The van der Waals surface area contributed by atoms with E-state index in [0.717, 1.165) is 47.0 Å². The van der Waals surface area contributed by atoms with Crippen LogP contribution in [0.25, 0.3) is 15.3 Å². The third-order valence-corrected chi connectivity index (χ3v) is 7.92. The van der Waals surface area contributed by atoms with Crippen molar-refractivity contribution in [1.82, 2.24) is 29.7 Å². The van der Waals surface area contributed by atoms with Crippen molar-refractivity contribution in [2.75, 3.05) is 23.8 Å². The van der Waals surface area contributed by atoms with Crippen LogP contribution in [0.1, 0.15) is 48.2 Å². The van der Waals surface area contributed by atoms with Crippen LogP contribution in [0.2, 0.25) is 0 Å². The molecule has 11 nitrogen and oxygen atoms in total. The maximum atomic E-state index is 13.2. The molecule has 1 saturated carbocycles. The highest BCUT2D eigenvalue weighted by Crippen LogP contribution is 2.37. The lowest BCUT2D eigenvalue weighted by molar-refractivity contribution is -0.115. The summed E-state index contributed by atoms with van der Waals surface area (Å²) in [6.07, 6.45) is 12.4. The van der Waals surface area contributed by atoms with Gasteiger partial charge in [-0.2, -0.15) is 10.2 Å². The van der Waals surface area contributed by atoms with Gasteiger partial charge in [0.15, 0.2) is 0 Å². The third kappa shape index (κ3) is 4.81. The molecule has 0 unspecified atom stereocenters. The van der Waals surface area contributed by atoms with Crippen molar-refractivity contribution in [3.8, 4) is 16.3 Å². The zero-order chi connectivity index (χ0) is 25.4. The molecule has 0 bridgehead atoms. The molecule has 4 aromatic rings. The summed E-state index contributed by atoms with van der Waals surface area (Å²) < 4.78 is 9.39. The van der Waals surface area contributed by atoms with Crippen molar-refractivity contribution in [3.05, 3.63) is 42.1 Å². The van der Waals surface area contributed by atoms with Gasteiger partial charge in [0.25, 0.3) is 5.91 Å². The van der Waals surface area contributed by atoms with Crippen molar-refractivity contribution in [3.63, 3.8) is 0 Å². The number of fused-ring (bicyclic) bond motifs is 2. The molecule has 192 valence electrons. The molecular weight excluding hydrogens is 492 g/mol. The van der Waals surface area contributed by atoms with Crippen LogP contribution in [0.4, 0.5) is 11.4 Å². The number of ether oxygens (including phenoxy) is 1. The summed E-state index contributed by atoms with van der Waals surface area (Å²) in [5, 5.41) is 17.9. The van der Waals surface area contributed by atoms with Gasteiger partial charge < -0.3 is 20.7 Å². The first kappa shape index (κ1) is 23.6. The van der Waals surface area contributed by atoms with Gasteiger partial charge >= 0.3 is 0 Å². The molecule has 6 rings (SSSR count). The second-order valence-corrected chi connectivity index (χ2v) is 10.4. The summed E-state index contributed by atoms with van der Waals surface area (Å²) in [4.78, 5) is 31.6. The molecule has 5 heterocycles. The molecule has 1 aliphatic heterocycles. The molecule has 0 radical (unpaired) electrons. The number of carbonyl (C=O) groups excluding carboxylic acids is 2. The molecule has 12 heteroatoms. The average molecular weight is 521 g/mol. The number of aryl methyl sites for hydroxylation is 2. The first-order chi connectivity index (χ1) is 18.0. The van der Waals surface area contributed by atoms with Gasteiger partial charge in [-0.3, -0.25) is 14.6 Å². The number of nitrogens with zero attached hydrogens (tertiary/aromatic N) is 5. The number of amides is 2. The van der Waals surface area contributed by atoms with Crippen molar-refractivity contribution in [2.24, 2.45) is 0 Å². The number of thiazole rings is 1. The summed E-state index contributed by atoms with van der Waals surface area (Å²) >= 11 is 1.46. The van der Waals surface area contributed by atoms with Gasteiger partial charge in [-0.25, -0.2) is 9.20 Å². The largest absolute Gasteiger partial charge is 0.477 e. The summed E-state index contributed by atoms with van der Waals surface area (Å²) in [6.45, 7) is 3.55. The molecule has 4 aromatic heterocycles. The summed E-state index contributed by atoms with van der Waals surface area (Å²) in [5.41, 5.74) is 3.06. The van der Waals surface area contributed by atoms with Crippen LogP contribution >= 0.6 is 11.3 Å². The molecule has 1 fully saturated rings. The molecule has 0 spiro atoms. The Morgan fingerprint density at radius 1 is 1.14 bits per heavy atom. The predicted octanol–water partition coefficient (Wildman–Crippen LogP) is 3.47. The minimum atomic E-state index is -0.298. The fourth-order valence-corrected chi connectivity index (χ4v) is 5.85. The van der Waals surface area contributed by atoms with Crippen LogP contribution in [0.15, 0.2) is 30.9 Å². The van der Waals surface area contributed by atoms with Crippen molar-refractivity contribution in [1.29, 1.82) is 0 Å². The van der Waals surface area contributed by atoms with E-state index < -0.39 is 0 Å². The monoisotopic (exact) mass is 520 g/mol. The Balaban J connectivity index is 1.16. The summed E-state index contributed by atoms with van der Waals surface area (Å²) in [5.74, 6) is 0.319. The van der Waals surface area contributed by atoms with E-state index in [1.54, 1.807) is 29.2 Å². The van der Waals surface area contributed by atoms with Crippen LogP contribution in [0, 0.1) is 6.92 Å². The highest BCUT2D eigenvalue weighted by atomic mass is 32.1. The van der Waals surface area contributed by atoms with Crippen LogP contribution < -0.4 is 20.7 Å². The highest BCUT2D eigenvalue weighted by Gasteiger charge is 2.22. The Labute approximate surface area is 217 Å². The molecule has 2 aliphatic rings. The van der Waals surface area contributed by atoms with E-state index in [-0.39, 0.29) is 18.4 Å². The fraction of sp³-hybridized carbons (Fsp3) is 0.400. The maximum Gasteiger partial charge on any atom is 0.260 e. The zero-order valence-electron chi connectivity index (χ0n) is 20.5. The Morgan fingerprint density at radius 3 is 2.86 bits per heavy atom. The molecule has 1 aliphatic carbocycles. The van der Waals surface area contributed by atoms with Crippen molar-refractivity contribution < 1.29 is 14.3 Å². The van der Waals surface area contributed by atoms with E-state index in [0.29, 0.717) is 35.3 Å². The molecule has 3 N–H and O–H groups in total. The van der Waals surface area contributed by atoms with E-state index in [4.69, 9.17) is 4.74 Å². The van der Waals surface area contributed by atoms with Crippen LogP contribution in [0.3, 0.4) is 0 Å². The van der Waals surface area contributed by atoms with Crippen LogP contribution in [-0.4, -0.2) is 55.4 Å². The summed E-state index contributed by atoms with van der Waals surface area (Å²) in [6, 6.07) is 2.14. The topological polar surface area (TPSA) is 127 Å². The SMILES string of the molecule is Cc1ncc(NC(=O)CNC2CCCC2)cc1NC(=O)c1cnn2cc(-c3cnn4c3OCCC4)sc12. The maximum absolute atomic E-state index is 13.2. The second kappa shape index (κ2) is 9.94. The molecular formula is C25H28N8O3S. The van der Waals surface area contributed by atoms with E-state index in [1.165, 1.54) is 24.2 Å². The molecule has 2 amide bonds. The Morgan fingerprint density at radius 2 is 2.00 bits per heavy atom. The number of anilines is 2. The number of carbonyl (C=O) groups is 2. The van der Waals surface area contributed by atoms with Gasteiger partial charge in [0.2, 0.25) is 11.8 Å². The quantitative estimate of drug-likeness (QED) is 0.340. The number of hydrogen-bond acceptors (Lipinski definition) is 8. The summed E-state index contributed by atoms with van der Waals surface area (Å²) in [7, 11) is 0. The van der Waals surface area contributed by atoms with E-state index in [9.17, 15) is 9.59 Å². The lowest BCUT2D eigenvalue weighted by Gasteiger charge is -2.15. The number of pyridine rings is 1. The lowest BCUT2D eigenvalue weighted by atomic mass is 10.2. The normalized spacial score (nSPS) is 15.5. The number of rotatable bonds is 7. The molecule has 0 saturated heterocycles. The van der Waals surface area contributed by atoms with E-state index in [1.807, 2.05) is 17.8 Å². The van der Waals surface area contributed by atoms with E-state index in [2.05, 4.69) is 31.1 Å². The van der Waals surface area contributed by atoms with Gasteiger partial charge in [0, 0.05) is 25.2 Å². The van der Waals surface area contributed by atoms with Gasteiger partial charge in [-0.05, 0) is 25.8 Å². The van der Waals surface area contributed by atoms with Crippen molar-refractivity contribution >= 4 is 39.4 Å². The van der Waals surface area contributed by atoms with Gasteiger partial charge in [0.05, 0.1) is 64.8 Å². The Bertz CT molecular complexity index is 1470. The lowest BCUT2D eigenvalue weighted by Crippen LogP contribution is -2.34. The van der Waals surface area contributed by atoms with E-state index >= 15 is 0 Å². The minimum absolute atomic E-state index is 0.134. The van der Waals surface area contributed by atoms with Gasteiger partial charge in [-0.1, -0.05) is 12.8 Å². The molecule has 0 atom stereocenters. The molecule has 37 heavy (non-hydrogen) atoms. The Hall–Kier alpha value is -3.77. The smallest absolute Gasteiger partial charge is 0.260 e. The first-order valence-corrected chi connectivity index (χ1v) is 13.3. The number of hydrogen-bond donors (Lipinski definition) is 3. The highest BCUT2D eigenvalue weighted by molar-refractivity contribution is 7.21. The average Bonchev–Trinajstić information content (AvgIpc) is 3.68. The minimum Gasteiger partial charge on any atom is -0.477 e. The van der Waals surface area contributed by atoms with Crippen LogP contribution in [-0.2, 0) is 11.3 Å². The molecule has 0 aromatic carbocycles. The second-order valence-electron chi connectivity index (χ2n) is 9.41. The standard InChI is InChI=1S/C25H28N8O3S/c1-15-20(9-17(10-26-15)30-22(34)13-27-16-5-2-3-6-16)31-23(35)19-12-29-33-14-21(37-25(19)33)18-11-28-32-7-4-8-36-24(18)32/h9-12,14,16,27H,2-8,13H2,1H3,(H,30,34)(H,31,35). The van der Waals surface area contributed by atoms with Crippen molar-refractivity contribution in [2.45, 2.75) is 51.6 Å². The van der Waals surface area contributed by atoms with Gasteiger partial charge in [0.1, 0.15) is 4.83 Å². The predicted molar refractivity (Wildman–Crippen MR) is 140 cm³/mol. The third-order valence-electron chi connectivity index (χ3n) is 6.78. The first-order valence-electron chi connectivity index (χ1n) is 12.5.